The lowest BCUT2D eigenvalue weighted by Crippen LogP contribution is -2.14. The molecule has 2 rings (SSSR count). The predicted molar refractivity (Wildman–Crippen MR) is 46.7 cm³/mol. The zero-order chi connectivity index (χ0) is 8.55. The van der Waals surface area contributed by atoms with Gasteiger partial charge in [-0.1, -0.05) is 6.07 Å². The van der Waals surface area contributed by atoms with Crippen molar-refractivity contribution in [2.75, 3.05) is 18.4 Å². The molecule has 1 aliphatic heterocycles. The van der Waals surface area contributed by atoms with Gasteiger partial charge in [0, 0.05) is 30.3 Å². The first kappa shape index (κ1) is 7.55. The van der Waals surface area contributed by atoms with Crippen LogP contribution < -0.4 is 11.1 Å². The number of rotatable bonds is 1. The van der Waals surface area contributed by atoms with Gasteiger partial charge in [-0.05, 0) is 12.1 Å². The van der Waals surface area contributed by atoms with E-state index in [0.29, 0.717) is 6.54 Å². The SMILES string of the molecule is NCC1CNc2cccc(F)c21. The molecule has 1 unspecified atom stereocenters. The van der Waals surface area contributed by atoms with Gasteiger partial charge < -0.3 is 11.1 Å². The van der Waals surface area contributed by atoms with Crippen LogP contribution in [0.3, 0.4) is 0 Å². The highest BCUT2D eigenvalue weighted by Gasteiger charge is 2.23. The van der Waals surface area contributed by atoms with E-state index in [1.165, 1.54) is 6.07 Å². The predicted octanol–water partition coefficient (Wildman–Crippen LogP) is 1.29. The van der Waals surface area contributed by atoms with Crippen LogP contribution in [0.4, 0.5) is 10.1 Å². The van der Waals surface area contributed by atoms with E-state index in [4.69, 9.17) is 5.73 Å². The van der Waals surface area contributed by atoms with Crippen molar-refractivity contribution in [2.24, 2.45) is 5.73 Å². The molecule has 2 nitrogen and oxygen atoms in total. The maximum Gasteiger partial charge on any atom is 0.128 e. The summed E-state index contributed by atoms with van der Waals surface area (Å²) in [6.45, 7) is 1.26. The first-order valence-corrected chi connectivity index (χ1v) is 4.05. The fraction of sp³-hybridized carbons (Fsp3) is 0.333. The summed E-state index contributed by atoms with van der Waals surface area (Å²) in [5.74, 6) is -0.00542. The summed E-state index contributed by atoms with van der Waals surface area (Å²) in [4.78, 5) is 0. The van der Waals surface area contributed by atoms with Crippen molar-refractivity contribution in [3.63, 3.8) is 0 Å². The molecule has 0 bridgehead atoms. The molecule has 12 heavy (non-hydrogen) atoms. The van der Waals surface area contributed by atoms with Crippen molar-refractivity contribution < 1.29 is 4.39 Å². The van der Waals surface area contributed by atoms with Crippen molar-refractivity contribution in [1.82, 2.24) is 0 Å². The lowest BCUT2D eigenvalue weighted by Gasteiger charge is -2.06. The highest BCUT2D eigenvalue weighted by Crippen LogP contribution is 2.32. The Balaban J connectivity index is 2.48. The minimum atomic E-state index is -0.145. The Bertz CT molecular complexity index is 299. The Morgan fingerprint density at radius 1 is 1.58 bits per heavy atom. The quantitative estimate of drug-likeness (QED) is 0.659. The zero-order valence-electron chi connectivity index (χ0n) is 6.68. The molecule has 1 aliphatic rings. The second-order valence-electron chi connectivity index (χ2n) is 3.01. The monoisotopic (exact) mass is 166 g/mol. The largest absolute Gasteiger partial charge is 0.384 e. The smallest absolute Gasteiger partial charge is 0.128 e. The molecule has 1 atom stereocenters. The van der Waals surface area contributed by atoms with Crippen molar-refractivity contribution in [2.45, 2.75) is 5.92 Å². The Kier molecular flexibility index (Phi) is 1.73. The van der Waals surface area contributed by atoms with Crippen molar-refractivity contribution >= 4 is 5.69 Å². The number of hydrogen-bond acceptors (Lipinski definition) is 2. The number of hydrogen-bond donors (Lipinski definition) is 2. The fourth-order valence-corrected chi connectivity index (χ4v) is 1.64. The van der Waals surface area contributed by atoms with Gasteiger partial charge in [-0.2, -0.15) is 0 Å². The summed E-state index contributed by atoms with van der Waals surface area (Å²) in [7, 11) is 0. The zero-order valence-corrected chi connectivity index (χ0v) is 6.68. The van der Waals surface area contributed by atoms with Crippen LogP contribution in [0.2, 0.25) is 0 Å². The van der Waals surface area contributed by atoms with Gasteiger partial charge in [0.1, 0.15) is 5.82 Å². The topological polar surface area (TPSA) is 38.0 Å². The molecule has 0 amide bonds. The second kappa shape index (κ2) is 2.75. The van der Waals surface area contributed by atoms with E-state index < -0.39 is 0 Å². The minimum Gasteiger partial charge on any atom is -0.384 e. The van der Waals surface area contributed by atoms with Gasteiger partial charge in [-0.15, -0.1) is 0 Å². The van der Waals surface area contributed by atoms with E-state index in [1.807, 2.05) is 6.07 Å². The van der Waals surface area contributed by atoms with Gasteiger partial charge in [-0.3, -0.25) is 0 Å². The molecule has 1 aromatic rings. The molecule has 0 radical (unpaired) electrons. The summed E-state index contributed by atoms with van der Waals surface area (Å²) in [6, 6.07) is 5.07. The van der Waals surface area contributed by atoms with E-state index >= 15 is 0 Å². The Morgan fingerprint density at radius 2 is 2.42 bits per heavy atom. The minimum absolute atomic E-state index is 0.140. The van der Waals surface area contributed by atoms with E-state index in [2.05, 4.69) is 5.32 Å². The van der Waals surface area contributed by atoms with Crippen molar-refractivity contribution in [3.8, 4) is 0 Å². The standard InChI is InChI=1S/C9H11FN2/c10-7-2-1-3-8-9(7)6(4-11)5-12-8/h1-3,6,12H,4-5,11H2. The third-order valence-corrected chi connectivity index (χ3v) is 2.28. The Hall–Kier alpha value is -1.09. The van der Waals surface area contributed by atoms with Gasteiger partial charge >= 0.3 is 0 Å². The van der Waals surface area contributed by atoms with Gasteiger partial charge in [-0.25, -0.2) is 4.39 Å². The summed E-state index contributed by atoms with van der Waals surface area (Å²) in [5, 5.41) is 3.12. The number of nitrogens with one attached hydrogen (secondary N) is 1. The van der Waals surface area contributed by atoms with Crippen LogP contribution >= 0.6 is 0 Å². The van der Waals surface area contributed by atoms with E-state index in [1.54, 1.807) is 6.07 Å². The van der Waals surface area contributed by atoms with Crippen molar-refractivity contribution in [3.05, 3.63) is 29.6 Å². The number of fused-ring (bicyclic) bond motifs is 1. The Labute approximate surface area is 70.6 Å². The summed E-state index contributed by atoms with van der Waals surface area (Å²) in [5.41, 5.74) is 7.15. The maximum absolute atomic E-state index is 13.2. The van der Waals surface area contributed by atoms with Crippen LogP contribution in [-0.2, 0) is 0 Å². The average molecular weight is 166 g/mol. The van der Waals surface area contributed by atoms with Gasteiger partial charge in [0.15, 0.2) is 0 Å². The first-order valence-electron chi connectivity index (χ1n) is 4.05. The average Bonchev–Trinajstić information content (AvgIpc) is 2.49. The van der Waals surface area contributed by atoms with Crippen LogP contribution in [0, 0.1) is 5.82 Å². The molecular formula is C9H11FN2. The summed E-state index contributed by atoms with van der Waals surface area (Å²) in [6.07, 6.45) is 0. The highest BCUT2D eigenvalue weighted by molar-refractivity contribution is 5.58. The van der Waals surface area contributed by atoms with Crippen molar-refractivity contribution in [1.29, 1.82) is 0 Å². The second-order valence-corrected chi connectivity index (χ2v) is 3.01. The van der Waals surface area contributed by atoms with Crippen LogP contribution in [-0.4, -0.2) is 13.1 Å². The number of benzene rings is 1. The third-order valence-electron chi connectivity index (χ3n) is 2.28. The molecule has 0 saturated carbocycles. The first-order chi connectivity index (χ1) is 5.83. The molecule has 0 aromatic heterocycles. The van der Waals surface area contributed by atoms with Gasteiger partial charge in [0.05, 0.1) is 0 Å². The maximum atomic E-state index is 13.2. The third kappa shape index (κ3) is 0.975. The summed E-state index contributed by atoms with van der Waals surface area (Å²) < 4.78 is 13.2. The molecule has 3 heteroatoms. The molecule has 0 spiro atoms. The van der Waals surface area contributed by atoms with Crippen LogP contribution in [0.5, 0.6) is 0 Å². The molecular weight excluding hydrogens is 155 g/mol. The van der Waals surface area contributed by atoms with Crippen LogP contribution in [0.15, 0.2) is 18.2 Å². The molecule has 0 saturated heterocycles. The molecule has 1 heterocycles. The van der Waals surface area contributed by atoms with Crippen LogP contribution in [0.1, 0.15) is 11.5 Å². The highest BCUT2D eigenvalue weighted by atomic mass is 19.1. The molecule has 3 N–H and O–H groups in total. The molecule has 1 aromatic carbocycles. The normalized spacial score (nSPS) is 20.3. The molecule has 64 valence electrons. The van der Waals surface area contributed by atoms with Gasteiger partial charge in [0.25, 0.3) is 0 Å². The van der Waals surface area contributed by atoms with Crippen LogP contribution in [0.25, 0.3) is 0 Å². The molecule has 0 fully saturated rings. The Morgan fingerprint density at radius 3 is 3.17 bits per heavy atom. The molecule has 0 aliphatic carbocycles. The number of nitrogens with two attached hydrogens (primary N) is 1. The number of halogens is 1. The van der Waals surface area contributed by atoms with E-state index in [-0.39, 0.29) is 11.7 Å². The van der Waals surface area contributed by atoms with E-state index in [0.717, 1.165) is 17.8 Å². The summed E-state index contributed by atoms with van der Waals surface area (Å²) >= 11 is 0. The lowest BCUT2D eigenvalue weighted by atomic mass is 10.0. The fourth-order valence-electron chi connectivity index (χ4n) is 1.64. The van der Waals surface area contributed by atoms with E-state index in [9.17, 15) is 4.39 Å². The lowest BCUT2D eigenvalue weighted by molar-refractivity contribution is 0.596. The van der Waals surface area contributed by atoms with Gasteiger partial charge in [0.2, 0.25) is 0 Å². The number of anilines is 1.